The number of nitrogens with zero attached hydrogens (tertiary/aromatic N) is 3. The number of nitrogen functional groups attached to an aromatic ring is 2. The number of nitrogens with two attached hydrogens (primary N) is 2. The summed E-state index contributed by atoms with van der Waals surface area (Å²) in [6.07, 6.45) is 10.6. The zero-order valence-electron chi connectivity index (χ0n) is 22.9. The van der Waals surface area contributed by atoms with Crippen LogP contribution in [0.3, 0.4) is 0 Å². The van der Waals surface area contributed by atoms with Crippen LogP contribution in [-0.4, -0.2) is 52.6 Å². The predicted octanol–water partition coefficient (Wildman–Crippen LogP) is 5.27. The van der Waals surface area contributed by atoms with Gasteiger partial charge in [-0.05, 0) is 49.8 Å². The number of hydrogen-bond acceptors (Lipinski definition) is 8. The Bertz CT molecular complexity index is 1120. The van der Waals surface area contributed by atoms with E-state index in [0.29, 0.717) is 12.6 Å². The van der Waals surface area contributed by atoms with Crippen molar-refractivity contribution in [1.82, 2.24) is 9.97 Å². The summed E-state index contributed by atoms with van der Waals surface area (Å²) in [6.45, 7) is 9.29. The van der Waals surface area contributed by atoms with Crippen molar-refractivity contribution in [3.05, 3.63) is 47.5 Å². The molecule has 1 amide bonds. The van der Waals surface area contributed by atoms with Gasteiger partial charge in [0, 0.05) is 4.75 Å². The number of allylic oxidation sites excluding steroid dienone is 2. The molecule has 0 saturated carbocycles. The molecule has 9 nitrogen and oxygen atoms in total. The smallest absolute Gasteiger partial charge is 0.415 e. The summed E-state index contributed by atoms with van der Waals surface area (Å²) < 4.78 is 11.9. The molecule has 1 unspecified atom stereocenters. The molecular weight excluding hydrogens is 488 g/mol. The van der Waals surface area contributed by atoms with Gasteiger partial charge in [-0.25, -0.2) is 4.79 Å². The Kier molecular flexibility index (Phi) is 9.31. The third-order valence-corrected chi connectivity index (χ3v) is 10.3. The van der Waals surface area contributed by atoms with Crippen LogP contribution in [0.4, 0.5) is 28.1 Å². The fraction of sp³-hybridized carbons (Fsp3) is 0.519. The van der Waals surface area contributed by atoms with E-state index in [1.807, 2.05) is 12.1 Å². The molecule has 204 valence electrons. The number of carbonyl (C=O) groups excluding carboxylic acids is 1. The number of aromatic nitrogens is 2. The summed E-state index contributed by atoms with van der Waals surface area (Å²) in [5.74, 6) is 0.605. The Balaban J connectivity index is 2.02. The lowest BCUT2D eigenvalue weighted by Gasteiger charge is -2.44. The second-order valence-electron chi connectivity index (χ2n) is 10.5. The highest BCUT2D eigenvalue weighted by molar-refractivity contribution is 8.29. The number of ether oxygens (including phenoxy) is 1. The highest BCUT2D eigenvalue weighted by atomic mass is 32.3. The number of rotatable bonds is 4. The standard InChI is InChI=1S/C27H42N6O3S/c1-7-35-26(34)33-17-20-14-11-13-19(16-20)12-9-8-10-15-21(18-36-37(5,6)27(2,3)4)30-25-31-23(29)22(28)24(33)32-25/h8-9,11,13-14,16,21H,7,10,12,15,17-18,28H2,1-6H3,(H3,29,30,31,32)/b9-8+. The van der Waals surface area contributed by atoms with Crippen molar-refractivity contribution in [2.45, 2.75) is 64.3 Å². The van der Waals surface area contributed by atoms with Crippen molar-refractivity contribution >= 4 is 39.7 Å². The molecule has 1 aliphatic heterocycles. The lowest BCUT2D eigenvalue weighted by Crippen LogP contribution is -2.34. The fourth-order valence-corrected chi connectivity index (χ4v) is 4.51. The van der Waals surface area contributed by atoms with Crippen LogP contribution in [0.15, 0.2) is 36.4 Å². The summed E-state index contributed by atoms with van der Waals surface area (Å²) in [7, 11) is -1.32. The van der Waals surface area contributed by atoms with E-state index in [-0.39, 0.29) is 41.3 Å². The van der Waals surface area contributed by atoms with Gasteiger partial charge in [0.1, 0.15) is 5.69 Å². The first kappa shape index (κ1) is 28.6. The molecule has 3 rings (SSSR count). The number of hydrogen-bond donors (Lipinski definition) is 3. The Morgan fingerprint density at radius 2 is 1.92 bits per heavy atom. The lowest BCUT2D eigenvalue weighted by molar-refractivity contribution is 0.159. The molecule has 10 heteroatoms. The van der Waals surface area contributed by atoms with Gasteiger partial charge in [-0.1, -0.05) is 57.2 Å². The molecule has 0 fully saturated rings. The molecule has 2 aromatic rings. The minimum absolute atomic E-state index is 0.0376. The number of fused-ring (bicyclic) bond motifs is 4. The van der Waals surface area contributed by atoms with Crippen molar-refractivity contribution < 1.29 is 13.7 Å². The first-order valence-corrected chi connectivity index (χ1v) is 15.0. The van der Waals surface area contributed by atoms with E-state index in [1.165, 1.54) is 4.90 Å². The van der Waals surface area contributed by atoms with Crippen molar-refractivity contribution in [1.29, 1.82) is 0 Å². The number of benzene rings is 1. The summed E-state index contributed by atoms with van der Waals surface area (Å²) in [6, 6.07) is 8.02. The first-order chi connectivity index (χ1) is 17.4. The van der Waals surface area contributed by atoms with E-state index >= 15 is 0 Å². The molecule has 1 aromatic heterocycles. The number of anilines is 4. The molecular formula is C27H42N6O3S. The molecule has 0 aliphatic carbocycles. The van der Waals surface area contributed by atoms with Gasteiger partial charge < -0.3 is 25.7 Å². The van der Waals surface area contributed by atoms with Crippen LogP contribution in [-0.2, 0) is 21.9 Å². The normalized spacial score (nSPS) is 18.2. The number of carbonyl (C=O) groups is 1. The van der Waals surface area contributed by atoms with E-state index in [4.69, 9.17) is 20.4 Å². The molecule has 0 saturated heterocycles. The van der Waals surface area contributed by atoms with E-state index in [9.17, 15) is 4.79 Å². The van der Waals surface area contributed by atoms with Gasteiger partial charge in [-0.2, -0.15) is 9.97 Å². The molecule has 1 aliphatic rings. The predicted molar refractivity (Wildman–Crippen MR) is 155 cm³/mol. The van der Waals surface area contributed by atoms with Gasteiger partial charge in [0.15, 0.2) is 11.6 Å². The minimum Gasteiger partial charge on any atom is -0.449 e. The second kappa shape index (κ2) is 12.0. The van der Waals surface area contributed by atoms with Gasteiger partial charge in [0.25, 0.3) is 0 Å². The fourth-order valence-electron chi connectivity index (χ4n) is 3.65. The monoisotopic (exact) mass is 530 g/mol. The molecule has 0 radical (unpaired) electrons. The van der Waals surface area contributed by atoms with Crippen LogP contribution in [0.1, 0.15) is 51.7 Å². The van der Waals surface area contributed by atoms with Crippen LogP contribution < -0.4 is 21.7 Å². The molecule has 2 heterocycles. The SMILES string of the molecule is CCOC(=O)N1Cc2cccc(c2)C/C=C/CCC(COS(C)(C)C(C)(C)C)Nc2nc(N)c(N)c1n2. The Morgan fingerprint density at radius 3 is 2.62 bits per heavy atom. The molecule has 1 aromatic carbocycles. The Hall–Kier alpha value is -2.98. The number of nitrogens with one attached hydrogen (secondary N) is 1. The molecule has 0 spiro atoms. The maximum absolute atomic E-state index is 13.0. The highest BCUT2D eigenvalue weighted by Gasteiger charge is 2.30. The molecule has 1 atom stereocenters. The molecule has 4 bridgehead atoms. The minimum atomic E-state index is -1.32. The second-order valence-corrected chi connectivity index (χ2v) is 14.4. The van der Waals surface area contributed by atoms with Gasteiger partial charge in [0.2, 0.25) is 5.95 Å². The van der Waals surface area contributed by atoms with Crippen molar-refractivity contribution in [3.63, 3.8) is 0 Å². The van der Waals surface area contributed by atoms with Gasteiger partial charge in [0.05, 0.1) is 25.8 Å². The number of amides is 1. The summed E-state index contributed by atoms with van der Waals surface area (Å²) in [5.41, 5.74) is 14.7. The van der Waals surface area contributed by atoms with Crippen molar-refractivity contribution in [2.75, 3.05) is 47.4 Å². The molecule has 37 heavy (non-hydrogen) atoms. The van der Waals surface area contributed by atoms with E-state index < -0.39 is 16.4 Å². The summed E-state index contributed by atoms with van der Waals surface area (Å²) in [5, 5.41) is 3.40. The zero-order valence-corrected chi connectivity index (χ0v) is 23.7. The van der Waals surface area contributed by atoms with E-state index in [2.05, 4.69) is 72.9 Å². The average Bonchev–Trinajstić information content (AvgIpc) is 2.82. The van der Waals surface area contributed by atoms with E-state index in [0.717, 1.165) is 30.4 Å². The van der Waals surface area contributed by atoms with Gasteiger partial charge >= 0.3 is 6.09 Å². The Labute approximate surface area is 222 Å². The largest absolute Gasteiger partial charge is 0.449 e. The summed E-state index contributed by atoms with van der Waals surface area (Å²) in [4.78, 5) is 23.5. The Morgan fingerprint density at radius 1 is 1.19 bits per heavy atom. The first-order valence-electron chi connectivity index (χ1n) is 12.6. The molecule has 5 N–H and O–H groups in total. The van der Waals surface area contributed by atoms with Crippen molar-refractivity contribution in [2.24, 2.45) is 0 Å². The van der Waals surface area contributed by atoms with Gasteiger partial charge in [-0.3, -0.25) is 4.90 Å². The quantitative estimate of drug-likeness (QED) is 0.456. The van der Waals surface area contributed by atoms with E-state index in [1.54, 1.807) is 6.92 Å². The van der Waals surface area contributed by atoms with Crippen LogP contribution in [0.25, 0.3) is 0 Å². The zero-order chi connectivity index (χ0) is 27.2. The highest BCUT2D eigenvalue weighted by Crippen LogP contribution is 2.53. The third-order valence-electron chi connectivity index (χ3n) is 6.60. The van der Waals surface area contributed by atoms with Crippen LogP contribution >= 0.6 is 10.3 Å². The van der Waals surface area contributed by atoms with Crippen molar-refractivity contribution in [3.8, 4) is 0 Å². The van der Waals surface area contributed by atoms with Crippen LogP contribution in [0.5, 0.6) is 0 Å². The van der Waals surface area contributed by atoms with Crippen LogP contribution in [0.2, 0.25) is 0 Å². The third kappa shape index (κ3) is 7.52. The van der Waals surface area contributed by atoms with Gasteiger partial charge in [-0.15, -0.1) is 10.3 Å². The maximum Gasteiger partial charge on any atom is 0.415 e. The maximum atomic E-state index is 13.0. The lowest BCUT2D eigenvalue weighted by atomic mass is 10.1. The topological polar surface area (TPSA) is 129 Å². The van der Waals surface area contributed by atoms with Crippen LogP contribution in [0, 0.1) is 0 Å². The summed E-state index contributed by atoms with van der Waals surface area (Å²) >= 11 is 0. The average molecular weight is 531 g/mol.